The molecule has 0 atom stereocenters. The third kappa shape index (κ3) is 4.49. The van der Waals surface area contributed by atoms with E-state index in [4.69, 9.17) is 10.1 Å². The highest BCUT2D eigenvalue weighted by atomic mass is 16.5. The Balaban J connectivity index is 1.78. The van der Waals surface area contributed by atoms with Gasteiger partial charge in [-0.2, -0.15) is 10.2 Å². The third-order valence-electron chi connectivity index (χ3n) is 4.66. The standard InChI is InChI=1S/C24H22N6O2/c1-17(25)15-20(27-18-7-4-3-5-8-18)24-22(31)11-14-30(28-24)21-10-9-19(16-23(21)32-2)29-13-6-12-26-29/h3-16,25,27H,1-2H3/b20-15-,25-17?. The molecule has 0 spiro atoms. The van der Waals surface area contributed by atoms with Gasteiger partial charge in [0.1, 0.15) is 11.4 Å². The van der Waals surface area contributed by atoms with Crippen LogP contribution in [0.2, 0.25) is 0 Å². The van der Waals surface area contributed by atoms with Crippen LogP contribution < -0.4 is 15.5 Å². The van der Waals surface area contributed by atoms with E-state index in [0.717, 1.165) is 11.4 Å². The van der Waals surface area contributed by atoms with Crippen molar-refractivity contribution in [3.05, 3.63) is 101 Å². The average Bonchev–Trinajstić information content (AvgIpc) is 3.34. The topological polar surface area (TPSA) is 97.8 Å². The fourth-order valence-corrected chi connectivity index (χ4v) is 3.21. The summed E-state index contributed by atoms with van der Waals surface area (Å²) in [6.45, 7) is 1.64. The number of anilines is 1. The lowest BCUT2D eigenvalue weighted by Crippen LogP contribution is -2.19. The maximum absolute atomic E-state index is 12.7. The summed E-state index contributed by atoms with van der Waals surface area (Å²) in [6.07, 6.45) is 6.72. The van der Waals surface area contributed by atoms with E-state index < -0.39 is 0 Å². The first-order valence-electron chi connectivity index (χ1n) is 9.93. The van der Waals surface area contributed by atoms with Gasteiger partial charge in [0.15, 0.2) is 5.69 Å². The van der Waals surface area contributed by atoms with Gasteiger partial charge in [0.05, 0.1) is 18.5 Å². The molecule has 8 nitrogen and oxygen atoms in total. The van der Waals surface area contributed by atoms with Crippen molar-refractivity contribution in [2.75, 3.05) is 12.4 Å². The highest BCUT2D eigenvalue weighted by Crippen LogP contribution is 2.25. The van der Waals surface area contributed by atoms with Gasteiger partial charge in [-0.3, -0.25) is 4.79 Å². The number of rotatable bonds is 7. The quantitative estimate of drug-likeness (QED) is 0.437. The maximum atomic E-state index is 12.7. The summed E-state index contributed by atoms with van der Waals surface area (Å²) in [7, 11) is 1.58. The van der Waals surface area contributed by atoms with E-state index in [9.17, 15) is 4.79 Å². The van der Waals surface area contributed by atoms with Crippen LogP contribution in [0.3, 0.4) is 0 Å². The van der Waals surface area contributed by atoms with Crippen molar-refractivity contribution in [3.8, 4) is 17.1 Å². The second-order valence-corrected chi connectivity index (χ2v) is 7.01. The van der Waals surface area contributed by atoms with Crippen molar-refractivity contribution in [3.63, 3.8) is 0 Å². The predicted octanol–water partition coefficient (Wildman–Crippen LogP) is 3.92. The summed E-state index contributed by atoms with van der Waals surface area (Å²) >= 11 is 0. The van der Waals surface area contributed by atoms with Crippen molar-refractivity contribution in [1.82, 2.24) is 19.6 Å². The molecular weight excluding hydrogens is 404 g/mol. The highest BCUT2D eigenvalue weighted by Gasteiger charge is 2.14. The number of benzene rings is 2. The Morgan fingerprint density at radius 2 is 1.88 bits per heavy atom. The van der Waals surface area contributed by atoms with Gasteiger partial charge in [0, 0.05) is 42.1 Å². The van der Waals surface area contributed by atoms with E-state index in [-0.39, 0.29) is 11.1 Å². The number of aromatic nitrogens is 4. The summed E-state index contributed by atoms with van der Waals surface area (Å²) in [5, 5.41) is 19.9. The molecule has 160 valence electrons. The molecule has 0 unspecified atom stereocenters. The molecular formula is C24H22N6O2. The number of hydrogen-bond donors (Lipinski definition) is 2. The van der Waals surface area contributed by atoms with E-state index >= 15 is 0 Å². The molecule has 4 rings (SSSR count). The van der Waals surface area contributed by atoms with E-state index in [1.54, 1.807) is 41.9 Å². The van der Waals surface area contributed by atoms with Crippen LogP contribution in [0.4, 0.5) is 5.69 Å². The first-order valence-corrected chi connectivity index (χ1v) is 9.93. The minimum absolute atomic E-state index is 0.196. The number of allylic oxidation sites excluding steroid dienone is 1. The van der Waals surface area contributed by atoms with Crippen molar-refractivity contribution < 1.29 is 4.74 Å². The van der Waals surface area contributed by atoms with Gasteiger partial charge in [-0.15, -0.1) is 0 Å². The van der Waals surface area contributed by atoms with Crippen LogP contribution in [0.1, 0.15) is 12.6 Å². The molecule has 0 fully saturated rings. The monoisotopic (exact) mass is 426 g/mol. The molecule has 0 aliphatic carbocycles. The van der Waals surface area contributed by atoms with Gasteiger partial charge in [0.2, 0.25) is 5.43 Å². The normalized spacial score (nSPS) is 11.2. The summed E-state index contributed by atoms with van der Waals surface area (Å²) in [5.41, 5.74) is 2.96. The number of ether oxygens (including phenoxy) is 1. The lowest BCUT2D eigenvalue weighted by atomic mass is 10.2. The van der Waals surface area contributed by atoms with E-state index in [1.165, 1.54) is 6.07 Å². The highest BCUT2D eigenvalue weighted by molar-refractivity contribution is 5.98. The Morgan fingerprint density at radius 1 is 1.06 bits per heavy atom. The van der Waals surface area contributed by atoms with Crippen LogP contribution in [0.5, 0.6) is 5.75 Å². The fraction of sp³-hybridized carbons (Fsp3) is 0.0833. The molecule has 2 heterocycles. The van der Waals surface area contributed by atoms with Crippen LogP contribution in [-0.2, 0) is 0 Å². The van der Waals surface area contributed by atoms with Crippen molar-refractivity contribution in [2.24, 2.45) is 0 Å². The maximum Gasteiger partial charge on any atom is 0.209 e. The zero-order valence-corrected chi connectivity index (χ0v) is 17.7. The number of methoxy groups -OCH3 is 1. The largest absolute Gasteiger partial charge is 0.494 e. The van der Waals surface area contributed by atoms with Crippen LogP contribution in [0.25, 0.3) is 17.1 Å². The number of nitrogens with zero attached hydrogens (tertiary/aromatic N) is 4. The zero-order chi connectivity index (χ0) is 22.5. The molecule has 0 bridgehead atoms. The van der Waals surface area contributed by atoms with Crippen LogP contribution in [-0.4, -0.2) is 32.4 Å². The average molecular weight is 426 g/mol. The Morgan fingerprint density at radius 3 is 2.56 bits per heavy atom. The number of nitrogens with one attached hydrogen (secondary N) is 2. The first-order chi connectivity index (χ1) is 15.5. The smallest absolute Gasteiger partial charge is 0.209 e. The predicted molar refractivity (Wildman–Crippen MR) is 125 cm³/mol. The SMILES string of the molecule is COc1cc(-n2cccn2)ccc1-n1ccc(=O)c(/C(=C/C(C)=N)Nc2ccccc2)n1. The summed E-state index contributed by atoms with van der Waals surface area (Å²) in [6, 6.07) is 18.3. The zero-order valence-electron chi connectivity index (χ0n) is 17.7. The van der Waals surface area contributed by atoms with Gasteiger partial charge in [-0.05, 0) is 43.3 Å². The minimum Gasteiger partial charge on any atom is -0.494 e. The van der Waals surface area contributed by atoms with E-state index in [2.05, 4.69) is 15.5 Å². The van der Waals surface area contributed by atoms with Gasteiger partial charge in [0.25, 0.3) is 0 Å². The molecule has 0 aliphatic rings. The van der Waals surface area contributed by atoms with Gasteiger partial charge in [-0.1, -0.05) is 18.2 Å². The van der Waals surface area contributed by atoms with E-state index in [0.29, 0.717) is 22.8 Å². The van der Waals surface area contributed by atoms with Crippen molar-refractivity contribution in [2.45, 2.75) is 6.92 Å². The molecule has 0 saturated carbocycles. The summed E-state index contributed by atoms with van der Waals surface area (Å²) < 4.78 is 8.90. The number of hydrogen-bond acceptors (Lipinski definition) is 6. The molecule has 0 saturated heterocycles. The lowest BCUT2D eigenvalue weighted by Gasteiger charge is -2.15. The van der Waals surface area contributed by atoms with Gasteiger partial charge in [-0.25, -0.2) is 9.36 Å². The first kappa shape index (κ1) is 20.8. The second-order valence-electron chi connectivity index (χ2n) is 7.01. The molecule has 2 aromatic carbocycles. The van der Waals surface area contributed by atoms with Crippen LogP contribution in [0, 0.1) is 5.41 Å². The molecule has 2 aromatic heterocycles. The second kappa shape index (κ2) is 9.13. The molecule has 0 amide bonds. The molecule has 32 heavy (non-hydrogen) atoms. The Bertz CT molecular complexity index is 1320. The van der Waals surface area contributed by atoms with E-state index in [1.807, 2.05) is 60.8 Å². The molecule has 8 heteroatoms. The van der Waals surface area contributed by atoms with Crippen LogP contribution >= 0.6 is 0 Å². The van der Waals surface area contributed by atoms with Gasteiger partial charge < -0.3 is 15.5 Å². The minimum atomic E-state index is -0.260. The van der Waals surface area contributed by atoms with Crippen LogP contribution in [0.15, 0.2) is 90.1 Å². The summed E-state index contributed by atoms with van der Waals surface area (Å²) in [5.74, 6) is 0.574. The van der Waals surface area contributed by atoms with Gasteiger partial charge >= 0.3 is 0 Å². The Hall–Kier alpha value is -4.46. The molecule has 0 aliphatic heterocycles. The number of para-hydroxylation sites is 1. The Labute approximate surface area is 184 Å². The third-order valence-corrected chi connectivity index (χ3v) is 4.66. The van der Waals surface area contributed by atoms with Crippen molar-refractivity contribution >= 4 is 17.1 Å². The molecule has 4 aromatic rings. The Kier molecular flexibility index (Phi) is 5.94. The molecule has 2 N–H and O–H groups in total. The summed E-state index contributed by atoms with van der Waals surface area (Å²) in [4.78, 5) is 12.7. The lowest BCUT2D eigenvalue weighted by molar-refractivity contribution is 0.411. The molecule has 0 radical (unpaired) electrons. The fourth-order valence-electron chi connectivity index (χ4n) is 3.21. The van der Waals surface area contributed by atoms with Crippen molar-refractivity contribution in [1.29, 1.82) is 5.41 Å².